The normalized spacial score (nSPS) is 12.9. The standard InChI is InChI=1S/C10H18N2O3/c1-9(2,3)7(13)11-12-8(14)15-10(4,5)6/h1-6H3. The molecular weight excluding hydrogens is 196 g/mol. The van der Waals surface area contributed by atoms with E-state index in [0.29, 0.717) is 0 Å². The lowest BCUT2D eigenvalue weighted by Crippen LogP contribution is -2.22. The van der Waals surface area contributed by atoms with E-state index in [9.17, 15) is 9.59 Å². The van der Waals surface area contributed by atoms with Crippen LogP contribution in [0.2, 0.25) is 0 Å². The number of ether oxygens (including phenoxy) is 1. The van der Waals surface area contributed by atoms with Gasteiger partial charge in [0.15, 0.2) is 0 Å². The summed E-state index contributed by atoms with van der Waals surface area (Å²) in [4.78, 5) is 22.3. The first-order valence-corrected chi connectivity index (χ1v) is 4.71. The molecule has 5 heteroatoms. The molecule has 0 aliphatic rings. The summed E-state index contributed by atoms with van der Waals surface area (Å²) in [6.07, 6.45) is -0.847. The second kappa shape index (κ2) is 4.51. The zero-order valence-corrected chi connectivity index (χ0v) is 10.1. The summed E-state index contributed by atoms with van der Waals surface area (Å²) >= 11 is 0. The highest BCUT2D eigenvalue weighted by Crippen LogP contribution is 2.15. The van der Waals surface area contributed by atoms with E-state index < -0.39 is 23.0 Å². The first-order chi connectivity index (χ1) is 6.52. The number of hydrogen-bond donors (Lipinski definition) is 0. The maximum absolute atomic E-state index is 11.3. The van der Waals surface area contributed by atoms with E-state index in [1.165, 1.54) is 0 Å². The van der Waals surface area contributed by atoms with Crippen LogP contribution in [-0.2, 0) is 9.53 Å². The van der Waals surface area contributed by atoms with Gasteiger partial charge in [-0.05, 0) is 20.8 Å². The molecule has 5 nitrogen and oxygen atoms in total. The molecule has 0 atom stereocenters. The van der Waals surface area contributed by atoms with Gasteiger partial charge in [0.05, 0.1) is 0 Å². The first kappa shape index (κ1) is 13.7. The maximum atomic E-state index is 11.3. The number of hydrogen-bond acceptors (Lipinski definition) is 3. The van der Waals surface area contributed by atoms with Crippen LogP contribution >= 0.6 is 0 Å². The van der Waals surface area contributed by atoms with Crippen molar-refractivity contribution < 1.29 is 14.3 Å². The van der Waals surface area contributed by atoms with Gasteiger partial charge in [0.1, 0.15) is 5.60 Å². The van der Waals surface area contributed by atoms with Gasteiger partial charge in [0, 0.05) is 5.41 Å². The lowest BCUT2D eigenvalue weighted by molar-refractivity contribution is -0.125. The van der Waals surface area contributed by atoms with E-state index in [4.69, 9.17) is 4.74 Å². The van der Waals surface area contributed by atoms with Crippen LogP contribution in [0, 0.1) is 5.41 Å². The predicted molar refractivity (Wildman–Crippen MR) is 55.6 cm³/mol. The van der Waals surface area contributed by atoms with Crippen LogP contribution in [0.15, 0.2) is 10.2 Å². The molecule has 0 radical (unpaired) electrons. The molecule has 0 aliphatic carbocycles. The average Bonchev–Trinajstić information content (AvgIpc) is 1.94. The van der Waals surface area contributed by atoms with Crippen LogP contribution in [0.25, 0.3) is 0 Å². The van der Waals surface area contributed by atoms with Crippen molar-refractivity contribution in [3.8, 4) is 0 Å². The van der Waals surface area contributed by atoms with Crippen molar-refractivity contribution in [3.05, 3.63) is 0 Å². The number of carbonyl (C=O) groups is 2. The molecule has 0 spiro atoms. The third-order valence-corrected chi connectivity index (χ3v) is 1.26. The smallest absolute Gasteiger partial charge is 0.441 e. The summed E-state index contributed by atoms with van der Waals surface area (Å²) in [7, 11) is 0. The fraction of sp³-hybridized carbons (Fsp3) is 0.800. The van der Waals surface area contributed by atoms with E-state index in [1.54, 1.807) is 41.5 Å². The van der Waals surface area contributed by atoms with E-state index in [2.05, 4.69) is 10.2 Å². The van der Waals surface area contributed by atoms with Crippen molar-refractivity contribution in [2.75, 3.05) is 0 Å². The van der Waals surface area contributed by atoms with Crippen molar-refractivity contribution in [1.29, 1.82) is 0 Å². The SMILES string of the molecule is CC(C)(C)OC(=O)N=NC(=O)C(C)(C)C. The fourth-order valence-electron chi connectivity index (χ4n) is 0.519. The molecule has 2 amide bonds. The van der Waals surface area contributed by atoms with Crippen LogP contribution in [-0.4, -0.2) is 17.6 Å². The van der Waals surface area contributed by atoms with Gasteiger partial charge in [0.25, 0.3) is 5.91 Å². The van der Waals surface area contributed by atoms with Crippen molar-refractivity contribution in [1.82, 2.24) is 0 Å². The lowest BCUT2D eigenvalue weighted by atomic mass is 9.96. The summed E-state index contributed by atoms with van der Waals surface area (Å²) < 4.78 is 4.85. The van der Waals surface area contributed by atoms with Crippen molar-refractivity contribution >= 4 is 12.0 Å². The van der Waals surface area contributed by atoms with Crippen molar-refractivity contribution in [3.63, 3.8) is 0 Å². The van der Waals surface area contributed by atoms with Crippen LogP contribution in [0.1, 0.15) is 41.5 Å². The van der Waals surface area contributed by atoms with Crippen LogP contribution in [0.4, 0.5) is 4.79 Å². The van der Waals surface area contributed by atoms with Crippen LogP contribution in [0.3, 0.4) is 0 Å². The Morgan fingerprint density at radius 2 is 1.40 bits per heavy atom. The summed E-state index contributed by atoms with van der Waals surface area (Å²) in [5.74, 6) is -0.451. The second-order valence-corrected chi connectivity index (χ2v) is 5.24. The number of azo groups is 1. The minimum absolute atomic E-state index is 0.451. The summed E-state index contributed by atoms with van der Waals surface area (Å²) in [5.41, 5.74) is -1.26. The summed E-state index contributed by atoms with van der Waals surface area (Å²) in [6, 6.07) is 0. The number of nitrogens with zero attached hydrogens (tertiary/aromatic N) is 2. The van der Waals surface area contributed by atoms with Gasteiger partial charge in [-0.2, -0.15) is 0 Å². The minimum Gasteiger partial charge on any atom is -0.441 e. The predicted octanol–water partition coefficient (Wildman–Crippen LogP) is 2.95. The number of amides is 2. The topological polar surface area (TPSA) is 68.1 Å². The Hall–Kier alpha value is -1.26. The Bertz CT molecular complexity index is 282. The van der Waals surface area contributed by atoms with Gasteiger partial charge in [-0.25, -0.2) is 4.79 Å². The zero-order chi connectivity index (χ0) is 12.3. The van der Waals surface area contributed by atoms with E-state index in [1.807, 2.05) is 0 Å². The number of rotatable bonds is 0. The van der Waals surface area contributed by atoms with Crippen LogP contribution < -0.4 is 0 Å². The number of carbonyl (C=O) groups excluding carboxylic acids is 2. The lowest BCUT2D eigenvalue weighted by Gasteiger charge is -2.16. The molecule has 0 heterocycles. The average molecular weight is 214 g/mol. The maximum Gasteiger partial charge on any atom is 0.453 e. The first-order valence-electron chi connectivity index (χ1n) is 4.71. The molecule has 0 aromatic heterocycles. The van der Waals surface area contributed by atoms with Gasteiger partial charge in [0.2, 0.25) is 0 Å². The largest absolute Gasteiger partial charge is 0.453 e. The van der Waals surface area contributed by atoms with Crippen molar-refractivity contribution in [2.24, 2.45) is 15.6 Å². The highest BCUT2D eigenvalue weighted by Gasteiger charge is 2.22. The molecule has 0 aromatic carbocycles. The van der Waals surface area contributed by atoms with Gasteiger partial charge in [-0.15, -0.1) is 5.11 Å². The monoisotopic (exact) mass is 214 g/mol. The molecule has 0 saturated carbocycles. The molecule has 0 rings (SSSR count). The summed E-state index contributed by atoms with van der Waals surface area (Å²) in [5, 5.41) is 6.48. The Balaban J connectivity index is 4.32. The van der Waals surface area contributed by atoms with E-state index in [-0.39, 0.29) is 0 Å². The minimum atomic E-state index is -0.847. The highest BCUT2D eigenvalue weighted by molar-refractivity contribution is 5.83. The van der Waals surface area contributed by atoms with Gasteiger partial charge in [-0.1, -0.05) is 25.9 Å². The molecule has 0 N–H and O–H groups in total. The molecule has 0 fully saturated rings. The van der Waals surface area contributed by atoms with Gasteiger partial charge >= 0.3 is 6.09 Å². The molecule has 0 bridgehead atoms. The second-order valence-electron chi connectivity index (χ2n) is 5.24. The van der Waals surface area contributed by atoms with Gasteiger partial charge < -0.3 is 4.74 Å². The molecule has 0 saturated heterocycles. The highest BCUT2D eigenvalue weighted by atomic mass is 16.6. The molecule has 0 aromatic rings. The van der Waals surface area contributed by atoms with E-state index in [0.717, 1.165) is 0 Å². The van der Waals surface area contributed by atoms with Gasteiger partial charge in [-0.3, -0.25) is 4.79 Å². The third kappa shape index (κ3) is 6.76. The molecular formula is C10H18N2O3. The Morgan fingerprint density at radius 3 is 1.73 bits per heavy atom. The molecule has 0 aliphatic heterocycles. The Labute approximate surface area is 89.9 Å². The Kier molecular flexibility index (Phi) is 4.13. The quantitative estimate of drug-likeness (QED) is 0.582. The zero-order valence-electron chi connectivity index (χ0n) is 10.1. The van der Waals surface area contributed by atoms with Crippen LogP contribution in [0.5, 0.6) is 0 Å². The molecule has 0 unspecified atom stereocenters. The third-order valence-electron chi connectivity index (χ3n) is 1.26. The van der Waals surface area contributed by atoms with E-state index >= 15 is 0 Å². The summed E-state index contributed by atoms with van der Waals surface area (Å²) in [6.45, 7) is 10.2. The van der Waals surface area contributed by atoms with Crippen molar-refractivity contribution in [2.45, 2.75) is 47.1 Å². The fourth-order valence-corrected chi connectivity index (χ4v) is 0.519. The molecule has 86 valence electrons. The molecule has 15 heavy (non-hydrogen) atoms. The Morgan fingerprint density at radius 1 is 0.933 bits per heavy atom.